The first kappa shape index (κ1) is 15.8. The molecule has 0 saturated heterocycles. The van der Waals surface area contributed by atoms with Gasteiger partial charge in [0.25, 0.3) is 5.91 Å². The second kappa shape index (κ2) is 6.57. The molecule has 2 unspecified atom stereocenters. The van der Waals surface area contributed by atoms with Gasteiger partial charge in [0, 0.05) is 31.1 Å². The predicted octanol–water partition coefficient (Wildman–Crippen LogP) is 3.39. The average Bonchev–Trinajstić information content (AvgIpc) is 2.98. The Labute approximate surface area is 137 Å². The fourth-order valence-electron chi connectivity index (χ4n) is 3.00. The van der Waals surface area contributed by atoms with Crippen molar-refractivity contribution in [2.24, 2.45) is 5.92 Å². The van der Waals surface area contributed by atoms with E-state index < -0.39 is 0 Å². The standard InChI is InChI=1S/C19H25N3O/c1-13(2)14(3)20-19(23)17-12-22-11-16(9-10-18(22)21-17)15-7-5-4-6-8-15/h4-8,12-14,16H,9-11H2,1-3H3,(H,20,23). The zero-order chi connectivity index (χ0) is 16.4. The number of aryl methyl sites for hydroxylation is 1. The fraction of sp³-hybridized carbons (Fsp3) is 0.474. The molecule has 4 nitrogen and oxygen atoms in total. The number of rotatable bonds is 4. The second-order valence-corrected chi connectivity index (χ2v) is 6.85. The Morgan fingerprint density at radius 3 is 2.70 bits per heavy atom. The highest BCUT2D eigenvalue weighted by Crippen LogP contribution is 2.28. The van der Waals surface area contributed by atoms with Crippen LogP contribution in [0.2, 0.25) is 0 Å². The minimum atomic E-state index is -0.0654. The molecule has 1 amide bonds. The maximum Gasteiger partial charge on any atom is 0.271 e. The van der Waals surface area contributed by atoms with Gasteiger partial charge in [0.05, 0.1) is 0 Å². The highest BCUT2D eigenvalue weighted by molar-refractivity contribution is 5.92. The number of benzene rings is 1. The molecule has 0 fully saturated rings. The minimum Gasteiger partial charge on any atom is -0.348 e. The Balaban J connectivity index is 1.73. The van der Waals surface area contributed by atoms with Crippen molar-refractivity contribution in [3.05, 3.63) is 53.6 Å². The van der Waals surface area contributed by atoms with Crippen molar-refractivity contribution in [3.8, 4) is 0 Å². The first-order valence-electron chi connectivity index (χ1n) is 8.46. The Kier molecular flexibility index (Phi) is 4.51. The van der Waals surface area contributed by atoms with Crippen LogP contribution in [0.15, 0.2) is 36.5 Å². The van der Waals surface area contributed by atoms with Gasteiger partial charge in [0.1, 0.15) is 11.5 Å². The first-order valence-corrected chi connectivity index (χ1v) is 8.46. The van der Waals surface area contributed by atoms with E-state index in [1.165, 1.54) is 5.56 Å². The molecular weight excluding hydrogens is 286 g/mol. The molecule has 122 valence electrons. The maximum atomic E-state index is 12.3. The molecule has 1 aromatic heterocycles. The van der Waals surface area contributed by atoms with Gasteiger partial charge < -0.3 is 9.88 Å². The van der Waals surface area contributed by atoms with Crippen LogP contribution in [0.1, 0.15) is 55.0 Å². The molecule has 1 aliphatic heterocycles. The average molecular weight is 311 g/mol. The number of hydrogen-bond donors (Lipinski definition) is 1. The molecule has 1 N–H and O–H groups in total. The number of imidazole rings is 1. The molecule has 23 heavy (non-hydrogen) atoms. The SMILES string of the molecule is CC(C)C(C)NC(=O)c1cn2c(n1)CCC(c1ccccc1)C2. The van der Waals surface area contributed by atoms with Crippen LogP contribution in [-0.4, -0.2) is 21.5 Å². The summed E-state index contributed by atoms with van der Waals surface area (Å²) in [5, 5.41) is 3.03. The van der Waals surface area contributed by atoms with Gasteiger partial charge >= 0.3 is 0 Å². The minimum absolute atomic E-state index is 0.0654. The lowest BCUT2D eigenvalue weighted by Gasteiger charge is -2.23. The van der Waals surface area contributed by atoms with Crippen LogP contribution < -0.4 is 5.32 Å². The summed E-state index contributed by atoms with van der Waals surface area (Å²) in [6, 6.07) is 10.7. The molecule has 2 heterocycles. The van der Waals surface area contributed by atoms with Crippen molar-refractivity contribution in [1.82, 2.24) is 14.9 Å². The highest BCUT2D eigenvalue weighted by atomic mass is 16.2. The van der Waals surface area contributed by atoms with Crippen molar-refractivity contribution < 1.29 is 4.79 Å². The van der Waals surface area contributed by atoms with Crippen molar-refractivity contribution >= 4 is 5.91 Å². The lowest BCUT2D eigenvalue weighted by Crippen LogP contribution is -2.36. The summed E-state index contributed by atoms with van der Waals surface area (Å²) in [5.41, 5.74) is 1.91. The zero-order valence-electron chi connectivity index (χ0n) is 14.1. The number of carbonyl (C=O) groups is 1. The molecule has 1 aromatic carbocycles. The smallest absolute Gasteiger partial charge is 0.271 e. The Morgan fingerprint density at radius 1 is 1.26 bits per heavy atom. The summed E-state index contributed by atoms with van der Waals surface area (Å²) in [5.74, 6) is 1.88. The molecule has 0 radical (unpaired) electrons. The predicted molar refractivity (Wildman–Crippen MR) is 91.5 cm³/mol. The monoisotopic (exact) mass is 311 g/mol. The number of fused-ring (bicyclic) bond motifs is 1. The van der Waals surface area contributed by atoms with Crippen LogP contribution in [0.4, 0.5) is 0 Å². The summed E-state index contributed by atoms with van der Waals surface area (Å²) in [6.45, 7) is 7.14. The van der Waals surface area contributed by atoms with Gasteiger partial charge in [0.15, 0.2) is 0 Å². The van der Waals surface area contributed by atoms with Crippen molar-refractivity contribution in [2.75, 3.05) is 0 Å². The van der Waals surface area contributed by atoms with E-state index in [1.54, 1.807) is 0 Å². The van der Waals surface area contributed by atoms with E-state index in [0.717, 1.165) is 25.2 Å². The Hall–Kier alpha value is -2.10. The third-order valence-electron chi connectivity index (χ3n) is 4.86. The van der Waals surface area contributed by atoms with E-state index >= 15 is 0 Å². The zero-order valence-corrected chi connectivity index (χ0v) is 14.1. The number of nitrogens with zero attached hydrogens (tertiary/aromatic N) is 2. The maximum absolute atomic E-state index is 12.3. The number of hydrogen-bond acceptors (Lipinski definition) is 2. The molecule has 4 heteroatoms. The van der Waals surface area contributed by atoms with Gasteiger partial charge in [-0.2, -0.15) is 0 Å². The van der Waals surface area contributed by atoms with E-state index in [-0.39, 0.29) is 11.9 Å². The summed E-state index contributed by atoms with van der Waals surface area (Å²) < 4.78 is 2.15. The van der Waals surface area contributed by atoms with E-state index in [0.29, 0.717) is 17.5 Å². The topological polar surface area (TPSA) is 46.9 Å². The second-order valence-electron chi connectivity index (χ2n) is 6.85. The van der Waals surface area contributed by atoms with Crippen molar-refractivity contribution in [2.45, 2.75) is 52.1 Å². The summed E-state index contributed by atoms with van der Waals surface area (Å²) >= 11 is 0. The normalized spacial score (nSPS) is 18.5. The van der Waals surface area contributed by atoms with Crippen molar-refractivity contribution in [3.63, 3.8) is 0 Å². The molecule has 2 aromatic rings. The molecule has 0 spiro atoms. The lowest BCUT2D eigenvalue weighted by molar-refractivity contribution is 0.0925. The van der Waals surface area contributed by atoms with E-state index in [1.807, 2.05) is 19.2 Å². The van der Waals surface area contributed by atoms with E-state index in [4.69, 9.17) is 0 Å². The Bertz CT molecular complexity index is 675. The van der Waals surface area contributed by atoms with Gasteiger partial charge in [-0.1, -0.05) is 44.2 Å². The third kappa shape index (κ3) is 3.46. The van der Waals surface area contributed by atoms with Crippen molar-refractivity contribution in [1.29, 1.82) is 0 Å². The fourth-order valence-corrected chi connectivity index (χ4v) is 3.00. The number of aromatic nitrogens is 2. The summed E-state index contributed by atoms with van der Waals surface area (Å²) in [4.78, 5) is 16.9. The van der Waals surface area contributed by atoms with Crippen LogP contribution in [-0.2, 0) is 13.0 Å². The molecule has 2 atom stereocenters. The van der Waals surface area contributed by atoms with Crippen LogP contribution in [0.25, 0.3) is 0 Å². The van der Waals surface area contributed by atoms with Crippen LogP contribution in [0.5, 0.6) is 0 Å². The summed E-state index contributed by atoms with van der Waals surface area (Å²) in [7, 11) is 0. The van der Waals surface area contributed by atoms with Gasteiger partial charge in [-0.05, 0) is 24.8 Å². The van der Waals surface area contributed by atoms with E-state index in [9.17, 15) is 4.79 Å². The van der Waals surface area contributed by atoms with E-state index in [2.05, 4.69) is 53.0 Å². The number of amides is 1. The van der Waals surface area contributed by atoms with Crippen LogP contribution >= 0.6 is 0 Å². The molecule has 0 bridgehead atoms. The molecule has 0 saturated carbocycles. The lowest BCUT2D eigenvalue weighted by atomic mass is 9.92. The number of carbonyl (C=O) groups excluding carboxylic acids is 1. The molecule has 0 aliphatic carbocycles. The molecule has 3 rings (SSSR count). The largest absolute Gasteiger partial charge is 0.348 e. The third-order valence-corrected chi connectivity index (χ3v) is 4.86. The van der Waals surface area contributed by atoms with Gasteiger partial charge in [-0.15, -0.1) is 0 Å². The van der Waals surface area contributed by atoms with Crippen LogP contribution in [0.3, 0.4) is 0 Å². The van der Waals surface area contributed by atoms with Gasteiger partial charge in [0.2, 0.25) is 0 Å². The molecular formula is C19H25N3O. The van der Waals surface area contributed by atoms with Gasteiger partial charge in [-0.3, -0.25) is 4.79 Å². The molecule has 1 aliphatic rings. The quantitative estimate of drug-likeness (QED) is 0.941. The highest BCUT2D eigenvalue weighted by Gasteiger charge is 2.24. The first-order chi connectivity index (χ1) is 11.0. The number of nitrogens with one attached hydrogen (secondary N) is 1. The van der Waals surface area contributed by atoms with Gasteiger partial charge in [-0.25, -0.2) is 4.98 Å². The summed E-state index contributed by atoms with van der Waals surface area (Å²) in [6.07, 6.45) is 3.92. The van der Waals surface area contributed by atoms with Crippen LogP contribution in [0, 0.1) is 5.92 Å². The Morgan fingerprint density at radius 2 is 2.00 bits per heavy atom.